The Kier molecular flexibility index (Phi) is 25.2. The van der Waals surface area contributed by atoms with Crippen LogP contribution in [0.2, 0.25) is 5.04 Å². The predicted octanol–water partition coefficient (Wildman–Crippen LogP) is 0.00990. The number of hydrogen-bond acceptors (Lipinski definition) is 15. The van der Waals surface area contributed by atoms with E-state index in [9.17, 15) is 48.6 Å². The second kappa shape index (κ2) is 31.4. The summed E-state index contributed by atoms with van der Waals surface area (Å²) in [6.07, 6.45) is 1.44. The third-order valence-electron chi connectivity index (χ3n) is 14.6. The van der Waals surface area contributed by atoms with Gasteiger partial charge in [-0.05, 0) is 51.4 Å². The number of rotatable bonds is 30. The van der Waals surface area contributed by atoms with E-state index in [0.717, 1.165) is 39.0 Å². The molecule has 0 saturated carbocycles. The summed E-state index contributed by atoms with van der Waals surface area (Å²) in [5, 5.41) is 45.1. The standard InChI is InChI=1S/C58H84N10O12SSi/c1-9-37(4)51(55(77)66-47(32-69)54(76)63-44(29-38-20-22-41(70)23-21-38)52(74)64-45(30-48(59)71)53(75)65-46(28-36(2)3)56(78)79-8)67-49(72)31-60-50(73)35-81-34-40-25-27-68-26-24-39(61-57(68)62-40)33-80-82(58(5,6)7,42-16-12-10-13-17-42)43-18-14-11-15-19-43/h10-23,36-37,39-40,44-47,51,69H,9,24-35H2,1-8H3,(H10,59,60,61,62,63,64,65,66,67,70,71,72,73,74,75,76,77)/p+1/t37-,39?,40?,44-,45-,46-,47-,51-/m0/s1. The third-order valence-corrected chi connectivity index (χ3v) is 20.7. The summed E-state index contributed by atoms with van der Waals surface area (Å²) < 4.78 is 14.4. The summed E-state index contributed by atoms with van der Waals surface area (Å²) in [5.41, 5.74) is 5.88. The van der Waals surface area contributed by atoms with Crippen LogP contribution in [0, 0.1) is 11.8 Å². The average Bonchev–Trinajstić information content (AvgIpc) is 1.94. The lowest BCUT2D eigenvalue weighted by Crippen LogP contribution is -2.68. The maximum Gasteiger partial charge on any atom is 0.346 e. The normalized spacial score (nSPS) is 17.4. The van der Waals surface area contributed by atoms with Gasteiger partial charge in [0.05, 0.1) is 64.2 Å². The second-order valence-electron chi connectivity index (χ2n) is 22.4. The van der Waals surface area contributed by atoms with Crippen LogP contribution in [0.3, 0.4) is 0 Å². The number of ether oxygens (including phenoxy) is 1. The van der Waals surface area contributed by atoms with Crippen LogP contribution >= 0.6 is 11.8 Å². The number of benzene rings is 3. The number of thioether (sulfide) groups is 1. The van der Waals surface area contributed by atoms with Crippen molar-refractivity contribution >= 4 is 83.7 Å². The summed E-state index contributed by atoms with van der Waals surface area (Å²) in [6.45, 7) is 14.8. The Bertz CT molecular complexity index is 2640. The van der Waals surface area contributed by atoms with Crippen molar-refractivity contribution in [3.05, 3.63) is 90.5 Å². The van der Waals surface area contributed by atoms with Gasteiger partial charge >= 0.3 is 11.9 Å². The number of amides is 7. The molecule has 8 atom stereocenters. The Hall–Kier alpha value is -7.02. The Labute approximate surface area is 486 Å². The molecule has 0 fully saturated rings. The highest BCUT2D eigenvalue weighted by Crippen LogP contribution is 2.37. The number of guanidine groups is 1. The van der Waals surface area contributed by atoms with Crippen LogP contribution in [0.4, 0.5) is 0 Å². The molecule has 12 N–H and O–H groups in total. The van der Waals surface area contributed by atoms with Crippen molar-refractivity contribution in [2.45, 2.75) is 134 Å². The minimum absolute atomic E-state index is 0.0681. The first-order valence-corrected chi connectivity index (χ1v) is 31.0. The van der Waals surface area contributed by atoms with Gasteiger partial charge in [-0.2, -0.15) is 0 Å². The minimum Gasteiger partial charge on any atom is -0.508 e. The third kappa shape index (κ3) is 19.0. The molecular formula is C58H85N10O12SSi+. The first kappa shape index (κ1) is 65.8. The molecule has 2 aliphatic heterocycles. The van der Waals surface area contributed by atoms with Crippen LogP contribution in [0.5, 0.6) is 5.75 Å². The molecule has 0 aromatic heterocycles. The molecule has 7 amide bonds. The van der Waals surface area contributed by atoms with Crippen molar-refractivity contribution in [3.8, 4) is 5.75 Å². The fourth-order valence-electron chi connectivity index (χ4n) is 9.99. The smallest absolute Gasteiger partial charge is 0.346 e. The van der Waals surface area contributed by atoms with Crippen LogP contribution in [0.1, 0.15) is 86.1 Å². The van der Waals surface area contributed by atoms with E-state index in [1.54, 1.807) is 13.8 Å². The first-order valence-electron chi connectivity index (χ1n) is 28.0. The number of aliphatic hydroxyl groups excluding tert-OH is 1. The number of aliphatic hydroxyl groups is 1. The van der Waals surface area contributed by atoms with Crippen molar-refractivity contribution in [2.24, 2.45) is 17.6 Å². The number of phenolic OH excluding ortho intramolecular Hbond substituents is 1. The largest absolute Gasteiger partial charge is 0.508 e. The van der Waals surface area contributed by atoms with E-state index >= 15 is 0 Å². The SMILES string of the molecule is CC[C@H](C)[C@H](NC(=O)CNC(=O)CSCC1CC[N+]2=C(NC(CO[Si](c3ccccc3)(c3ccccc3)C(C)(C)C)CC2)N1)C(=O)N[C@@H](CO)C(=O)N[C@@H](Cc1ccc(O)cc1)C(=O)N[C@@H](CC(N)=O)C(=O)N[C@@H](CC(C)C)C(=O)OC. The molecule has 448 valence electrons. The predicted molar refractivity (Wildman–Crippen MR) is 315 cm³/mol. The van der Waals surface area contributed by atoms with E-state index in [0.29, 0.717) is 24.3 Å². The van der Waals surface area contributed by atoms with Crippen molar-refractivity contribution < 1.29 is 62.3 Å². The molecule has 3 aromatic carbocycles. The number of nitrogens with two attached hydrogens (primary N) is 1. The fourth-order valence-corrected chi connectivity index (χ4v) is 15.5. The van der Waals surface area contributed by atoms with Gasteiger partial charge in [0.2, 0.25) is 41.4 Å². The number of aromatic hydroxyl groups is 1. The monoisotopic (exact) mass is 1170 g/mol. The van der Waals surface area contributed by atoms with Gasteiger partial charge in [-0.15, -0.1) is 11.8 Å². The molecule has 5 rings (SSSR count). The molecule has 0 spiro atoms. The average molecular weight is 1170 g/mol. The number of primary amides is 1. The van der Waals surface area contributed by atoms with Crippen molar-refractivity contribution in [2.75, 3.05) is 51.5 Å². The van der Waals surface area contributed by atoms with E-state index in [1.165, 1.54) is 46.4 Å². The lowest BCUT2D eigenvalue weighted by atomic mass is 9.97. The van der Waals surface area contributed by atoms with Crippen LogP contribution in [0.25, 0.3) is 0 Å². The Balaban J connectivity index is 1.13. The number of nitrogens with zero attached hydrogens (tertiary/aromatic N) is 1. The highest BCUT2D eigenvalue weighted by atomic mass is 32.2. The summed E-state index contributed by atoms with van der Waals surface area (Å²) in [7, 11) is -1.59. The Morgan fingerprint density at radius 3 is 1.85 bits per heavy atom. The summed E-state index contributed by atoms with van der Waals surface area (Å²) in [5.74, 6) is -5.52. The number of esters is 1. The van der Waals surface area contributed by atoms with Crippen molar-refractivity contribution in [1.29, 1.82) is 0 Å². The molecule has 0 radical (unpaired) electrons. The van der Waals surface area contributed by atoms with Gasteiger partial charge in [0, 0.05) is 25.0 Å². The number of nitrogens with one attached hydrogen (secondary N) is 8. The van der Waals surface area contributed by atoms with Gasteiger partial charge in [0.15, 0.2) is 0 Å². The quantitative estimate of drug-likeness (QED) is 0.0238. The lowest BCUT2D eigenvalue weighted by Gasteiger charge is -2.44. The number of carbonyl (C=O) groups excluding carboxylic acids is 8. The van der Waals surface area contributed by atoms with Crippen LogP contribution in [0.15, 0.2) is 84.9 Å². The molecule has 0 saturated heterocycles. The molecule has 82 heavy (non-hydrogen) atoms. The van der Waals surface area contributed by atoms with Crippen LogP contribution in [-0.4, -0.2) is 170 Å². The lowest BCUT2D eigenvalue weighted by molar-refractivity contribution is -0.542. The zero-order chi connectivity index (χ0) is 60.1. The highest BCUT2D eigenvalue weighted by molar-refractivity contribution is 8.00. The molecule has 22 nitrogen and oxygen atoms in total. The van der Waals surface area contributed by atoms with Gasteiger partial charge < -0.3 is 57.0 Å². The molecular weight excluding hydrogens is 1090 g/mol. The van der Waals surface area contributed by atoms with E-state index in [4.69, 9.17) is 14.9 Å². The van der Waals surface area contributed by atoms with E-state index < -0.39 is 105 Å². The van der Waals surface area contributed by atoms with E-state index in [2.05, 4.69) is 116 Å². The molecule has 0 bridgehead atoms. The van der Waals surface area contributed by atoms with Crippen LogP contribution < -0.4 is 58.6 Å². The maximum atomic E-state index is 14.0. The number of carbonyl (C=O) groups is 8. The van der Waals surface area contributed by atoms with Gasteiger partial charge in [-0.25, -0.2) is 4.79 Å². The molecule has 3 aromatic rings. The van der Waals surface area contributed by atoms with E-state index in [-0.39, 0.29) is 53.3 Å². The van der Waals surface area contributed by atoms with Crippen LogP contribution in [-0.2, 0) is 53.9 Å². The van der Waals surface area contributed by atoms with Crippen molar-refractivity contribution in [3.63, 3.8) is 0 Å². The Morgan fingerprint density at radius 2 is 1.29 bits per heavy atom. The highest BCUT2D eigenvalue weighted by Gasteiger charge is 2.51. The molecule has 24 heteroatoms. The topological polar surface area (TPSA) is 321 Å². The number of methoxy groups -OCH3 is 1. The first-order chi connectivity index (χ1) is 39.0. The summed E-state index contributed by atoms with van der Waals surface area (Å²) in [6, 6.07) is 19.9. The Morgan fingerprint density at radius 1 is 0.744 bits per heavy atom. The minimum atomic E-state index is -2.73. The molecule has 2 unspecified atom stereocenters. The second-order valence-corrected chi connectivity index (χ2v) is 27.7. The van der Waals surface area contributed by atoms with Gasteiger partial charge in [-0.1, -0.05) is 128 Å². The summed E-state index contributed by atoms with van der Waals surface area (Å²) in [4.78, 5) is 106. The van der Waals surface area contributed by atoms with Gasteiger partial charge in [-0.3, -0.25) is 48.8 Å². The van der Waals surface area contributed by atoms with Gasteiger partial charge in [0.1, 0.15) is 36.0 Å². The maximum absolute atomic E-state index is 14.0. The zero-order valence-electron chi connectivity index (χ0n) is 48.4. The van der Waals surface area contributed by atoms with Gasteiger partial charge in [0.25, 0.3) is 8.32 Å². The molecule has 2 heterocycles. The van der Waals surface area contributed by atoms with E-state index in [1.807, 2.05) is 26.0 Å². The fraction of sp³-hybridized carbons (Fsp3) is 0.534. The van der Waals surface area contributed by atoms with Crippen molar-refractivity contribution in [1.82, 2.24) is 42.5 Å². The number of hydrogen-bond donors (Lipinski definition) is 11. The zero-order valence-corrected chi connectivity index (χ0v) is 50.2. The number of phenols is 1. The summed E-state index contributed by atoms with van der Waals surface area (Å²) >= 11 is 1.43. The molecule has 2 aliphatic rings. The molecule has 0 aliphatic carbocycles.